The van der Waals surface area contributed by atoms with Crippen molar-refractivity contribution in [1.29, 1.82) is 0 Å². The van der Waals surface area contributed by atoms with Gasteiger partial charge in [0, 0.05) is 11.1 Å². The largest absolute Gasteiger partial charge is 0.376 e. The predicted molar refractivity (Wildman–Crippen MR) is 85.6 cm³/mol. The number of ether oxygens (including phenoxy) is 1. The minimum atomic E-state index is -0.0417. The van der Waals surface area contributed by atoms with Crippen molar-refractivity contribution in [2.24, 2.45) is 5.92 Å². The minimum absolute atomic E-state index is 0.0417. The fourth-order valence-electron chi connectivity index (χ4n) is 2.09. The van der Waals surface area contributed by atoms with Gasteiger partial charge >= 0.3 is 0 Å². The molecular weight excluding hydrogens is 302 g/mol. The van der Waals surface area contributed by atoms with E-state index in [1.54, 1.807) is 0 Å². The highest BCUT2D eigenvalue weighted by atomic mass is 79.9. The first-order chi connectivity index (χ1) is 8.90. The van der Waals surface area contributed by atoms with Crippen molar-refractivity contribution in [3.05, 3.63) is 34.3 Å². The molecule has 0 aliphatic rings. The zero-order chi connectivity index (χ0) is 14.3. The van der Waals surface area contributed by atoms with Gasteiger partial charge < -0.3 is 10.1 Å². The summed E-state index contributed by atoms with van der Waals surface area (Å²) in [5.74, 6) is 0.613. The van der Waals surface area contributed by atoms with Crippen LogP contribution in [0.1, 0.15) is 32.8 Å². The van der Waals surface area contributed by atoms with Gasteiger partial charge in [0.2, 0.25) is 0 Å². The van der Waals surface area contributed by atoms with Crippen LogP contribution in [0.2, 0.25) is 0 Å². The molecule has 0 saturated carbocycles. The van der Waals surface area contributed by atoms with Gasteiger partial charge in [-0.05, 0) is 70.8 Å². The van der Waals surface area contributed by atoms with E-state index < -0.39 is 0 Å². The van der Waals surface area contributed by atoms with Gasteiger partial charge in [-0.1, -0.05) is 28.1 Å². The molecule has 0 spiro atoms. The van der Waals surface area contributed by atoms with Gasteiger partial charge in [-0.3, -0.25) is 0 Å². The summed E-state index contributed by atoms with van der Waals surface area (Å²) in [6, 6.07) is 8.56. The lowest BCUT2D eigenvalue weighted by Gasteiger charge is -2.22. The molecule has 1 aromatic carbocycles. The zero-order valence-electron chi connectivity index (χ0n) is 12.5. The van der Waals surface area contributed by atoms with Crippen LogP contribution in [0.25, 0.3) is 0 Å². The molecule has 0 aliphatic carbocycles. The maximum absolute atomic E-state index is 5.83. The maximum atomic E-state index is 5.83. The molecular formula is C16H26BrNO. The van der Waals surface area contributed by atoms with E-state index in [0.29, 0.717) is 5.92 Å². The van der Waals surface area contributed by atoms with Gasteiger partial charge in [-0.15, -0.1) is 0 Å². The summed E-state index contributed by atoms with van der Waals surface area (Å²) in [5, 5.41) is 3.28. The molecule has 0 fully saturated rings. The van der Waals surface area contributed by atoms with Gasteiger partial charge in [-0.25, -0.2) is 0 Å². The molecule has 1 aromatic rings. The molecule has 0 aliphatic heterocycles. The third-order valence-corrected chi connectivity index (χ3v) is 3.46. The Hall–Kier alpha value is -0.380. The summed E-state index contributed by atoms with van der Waals surface area (Å²) in [4.78, 5) is 0. The van der Waals surface area contributed by atoms with Gasteiger partial charge in [0.25, 0.3) is 0 Å². The van der Waals surface area contributed by atoms with Gasteiger partial charge in [0.1, 0.15) is 0 Å². The van der Waals surface area contributed by atoms with Gasteiger partial charge in [0.05, 0.1) is 5.60 Å². The number of hydrogen-bond donors (Lipinski definition) is 1. The summed E-state index contributed by atoms with van der Waals surface area (Å²) >= 11 is 3.53. The monoisotopic (exact) mass is 327 g/mol. The molecule has 1 N–H and O–H groups in total. The third kappa shape index (κ3) is 7.71. The maximum Gasteiger partial charge on any atom is 0.0598 e. The van der Waals surface area contributed by atoms with Crippen molar-refractivity contribution in [3.63, 3.8) is 0 Å². The molecule has 0 aromatic heterocycles. The fraction of sp³-hybridized carbons (Fsp3) is 0.625. The Labute approximate surface area is 126 Å². The average molecular weight is 328 g/mol. The molecule has 0 bridgehead atoms. The lowest BCUT2D eigenvalue weighted by molar-refractivity contribution is -0.00912. The Morgan fingerprint density at radius 2 is 2.05 bits per heavy atom. The average Bonchev–Trinajstić information content (AvgIpc) is 2.27. The van der Waals surface area contributed by atoms with E-state index in [1.807, 2.05) is 7.05 Å². The van der Waals surface area contributed by atoms with Crippen LogP contribution in [-0.2, 0) is 11.2 Å². The molecule has 19 heavy (non-hydrogen) atoms. The summed E-state index contributed by atoms with van der Waals surface area (Å²) in [5.41, 5.74) is 1.34. The van der Waals surface area contributed by atoms with E-state index in [9.17, 15) is 0 Å². The normalized spacial score (nSPS) is 13.5. The van der Waals surface area contributed by atoms with Crippen molar-refractivity contribution < 1.29 is 4.74 Å². The first-order valence-electron chi connectivity index (χ1n) is 6.94. The van der Waals surface area contributed by atoms with Crippen LogP contribution in [0, 0.1) is 5.92 Å². The Balaban J connectivity index is 2.48. The Bertz CT molecular complexity index is 373. The highest BCUT2D eigenvalue weighted by Gasteiger charge is 2.13. The van der Waals surface area contributed by atoms with E-state index in [1.165, 1.54) is 5.56 Å². The molecule has 108 valence electrons. The van der Waals surface area contributed by atoms with E-state index >= 15 is 0 Å². The zero-order valence-corrected chi connectivity index (χ0v) is 14.1. The predicted octanol–water partition coefficient (Wildman–Crippen LogP) is 4.03. The van der Waals surface area contributed by atoms with Crippen molar-refractivity contribution in [2.45, 2.75) is 39.2 Å². The number of nitrogens with one attached hydrogen (secondary N) is 1. The lowest BCUT2D eigenvalue weighted by atomic mass is 9.96. The van der Waals surface area contributed by atoms with Gasteiger partial charge in [-0.2, -0.15) is 0 Å². The Morgan fingerprint density at radius 1 is 1.32 bits per heavy atom. The summed E-state index contributed by atoms with van der Waals surface area (Å²) < 4.78 is 6.98. The van der Waals surface area contributed by atoms with Crippen molar-refractivity contribution >= 4 is 15.9 Å². The first-order valence-corrected chi connectivity index (χ1v) is 7.73. The minimum Gasteiger partial charge on any atom is -0.376 e. The van der Waals surface area contributed by atoms with Crippen molar-refractivity contribution in [2.75, 3.05) is 20.2 Å². The summed E-state index contributed by atoms with van der Waals surface area (Å²) in [7, 11) is 2.01. The van der Waals surface area contributed by atoms with E-state index in [4.69, 9.17) is 4.74 Å². The fourth-order valence-corrected chi connectivity index (χ4v) is 2.54. The van der Waals surface area contributed by atoms with Crippen LogP contribution in [0.5, 0.6) is 0 Å². The molecule has 1 atom stereocenters. The van der Waals surface area contributed by atoms with Crippen molar-refractivity contribution in [1.82, 2.24) is 5.32 Å². The molecule has 0 saturated heterocycles. The number of hydrogen-bond acceptors (Lipinski definition) is 2. The number of benzene rings is 1. The highest BCUT2D eigenvalue weighted by Crippen LogP contribution is 2.18. The second-order valence-electron chi connectivity index (χ2n) is 6.01. The first kappa shape index (κ1) is 16.7. The molecule has 1 rings (SSSR count). The molecule has 0 radical (unpaired) electrons. The van der Waals surface area contributed by atoms with E-state index in [-0.39, 0.29) is 5.60 Å². The standard InChI is InChI=1S/C16H26BrNO/c1-16(2,3)19-9-8-14(12-18-4)10-13-6-5-7-15(17)11-13/h5-7,11,14,18H,8-10,12H2,1-4H3. The molecule has 0 heterocycles. The summed E-state index contributed by atoms with van der Waals surface area (Å²) in [6.07, 6.45) is 2.18. The van der Waals surface area contributed by atoms with E-state index in [2.05, 4.69) is 66.3 Å². The highest BCUT2D eigenvalue weighted by molar-refractivity contribution is 9.10. The number of halogens is 1. The van der Waals surface area contributed by atoms with Crippen LogP contribution in [0.3, 0.4) is 0 Å². The van der Waals surface area contributed by atoms with Crippen LogP contribution >= 0.6 is 15.9 Å². The quantitative estimate of drug-likeness (QED) is 0.816. The number of rotatable bonds is 7. The van der Waals surface area contributed by atoms with Crippen LogP contribution in [0.4, 0.5) is 0 Å². The second-order valence-corrected chi connectivity index (χ2v) is 6.92. The smallest absolute Gasteiger partial charge is 0.0598 e. The molecule has 0 amide bonds. The van der Waals surface area contributed by atoms with Crippen LogP contribution in [0.15, 0.2) is 28.7 Å². The molecule has 1 unspecified atom stereocenters. The Morgan fingerprint density at radius 3 is 2.63 bits per heavy atom. The molecule has 2 nitrogen and oxygen atoms in total. The topological polar surface area (TPSA) is 21.3 Å². The van der Waals surface area contributed by atoms with Crippen LogP contribution in [-0.4, -0.2) is 25.8 Å². The SMILES string of the molecule is CNCC(CCOC(C)(C)C)Cc1cccc(Br)c1. The second kappa shape index (κ2) is 8.03. The third-order valence-electron chi connectivity index (χ3n) is 2.97. The van der Waals surface area contributed by atoms with Gasteiger partial charge in [0.15, 0.2) is 0 Å². The van der Waals surface area contributed by atoms with Crippen LogP contribution < -0.4 is 5.32 Å². The summed E-state index contributed by atoms with van der Waals surface area (Å²) in [6.45, 7) is 8.17. The molecule has 3 heteroatoms. The lowest BCUT2D eigenvalue weighted by Crippen LogP contribution is -2.25. The van der Waals surface area contributed by atoms with Crippen molar-refractivity contribution in [3.8, 4) is 0 Å². The van der Waals surface area contributed by atoms with E-state index in [0.717, 1.165) is 30.5 Å². The Kier molecular flexibility index (Phi) is 7.05.